The highest BCUT2D eigenvalue weighted by molar-refractivity contribution is 5.95. The van der Waals surface area contributed by atoms with Gasteiger partial charge in [-0.05, 0) is 18.3 Å². The van der Waals surface area contributed by atoms with Crippen molar-refractivity contribution in [2.75, 3.05) is 6.54 Å². The van der Waals surface area contributed by atoms with E-state index in [0.717, 1.165) is 12.8 Å². The molecular weight excluding hydrogens is 180 g/mol. The van der Waals surface area contributed by atoms with E-state index in [1.807, 2.05) is 0 Å². The maximum absolute atomic E-state index is 11.5. The van der Waals surface area contributed by atoms with Crippen molar-refractivity contribution in [1.29, 1.82) is 0 Å². The topological polar surface area (TPSA) is 63.4 Å². The van der Waals surface area contributed by atoms with Crippen LogP contribution in [0.4, 0.5) is 4.79 Å². The molecule has 1 saturated heterocycles. The lowest BCUT2D eigenvalue weighted by molar-refractivity contribution is -0.125. The number of primary amides is 1. The Hall–Kier alpha value is -1.06. The molecule has 4 nitrogen and oxygen atoms in total. The van der Waals surface area contributed by atoms with Gasteiger partial charge in [0, 0.05) is 13.0 Å². The molecule has 14 heavy (non-hydrogen) atoms. The molecule has 2 aliphatic rings. The predicted octanol–water partition coefficient (Wildman–Crippen LogP) is 1.25. The standard InChI is InChI=1S/C10H16N2O2/c11-9(14)12-7-10(6-8(12)13)4-2-1-3-5-10/h1-7H2,(H2,11,14). The second-order valence-corrected chi connectivity index (χ2v) is 4.56. The van der Waals surface area contributed by atoms with Crippen LogP contribution in [-0.2, 0) is 4.79 Å². The summed E-state index contributed by atoms with van der Waals surface area (Å²) >= 11 is 0. The molecule has 0 aromatic carbocycles. The highest BCUT2D eigenvalue weighted by Crippen LogP contribution is 2.43. The summed E-state index contributed by atoms with van der Waals surface area (Å²) in [6.45, 7) is 0.557. The van der Waals surface area contributed by atoms with Crippen LogP contribution >= 0.6 is 0 Å². The fraction of sp³-hybridized carbons (Fsp3) is 0.800. The largest absolute Gasteiger partial charge is 0.351 e. The van der Waals surface area contributed by atoms with E-state index in [-0.39, 0.29) is 11.3 Å². The van der Waals surface area contributed by atoms with Gasteiger partial charge in [0.25, 0.3) is 0 Å². The molecule has 0 bridgehead atoms. The molecule has 1 heterocycles. The van der Waals surface area contributed by atoms with E-state index in [4.69, 9.17) is 5.73 Å². The van der Waals surface area contributed by atoms with Gasteiger partial charge < -0.3 is 5.73 Å². The van der Waals surface area contributed by atoms with E-state index >= 15 is 0 Å². The number of carbonyl (C=O) groups excluding carboxylic acids is 2. The molecule has 0 atom stereocenters. The number of imide groups is 1. The number of nitrogens with zero attached hydrogens (tertiary/aromatic N) is 1. The Morgan fingerprint density at radius 1 is 1.29 bits per heavy atom. The molecule has 1 saturated carbocycles. The Kier molecular flexibility index (Phi) is 2.21. The first kappa shape index (κ1) is 9.49. The van der Waals surface area contributed by atoms with Crippen LogP contribution in [0.25, 0.3) is 0 Å². The van der Waals surface area contributed by atoms with Gasteiger partial charge in [0.2, 0.25) is 5.91 Å². The fourth-order valence-corrected chi connectivity index (χ4v) is 2.73. The summed E-state index contributed by atoms with van der Waals surface area (Å²) < 4.78 is 0. The van der Waals surface area contributed by atoms with Crippen molar-refractivity contribution in [3.63, 3.8) is 0 Å². The smallest absolute Gasteiger partial charge is 0.321 e. The van der Waals surface area contributed by atoms with Gasteiger partial charge in [-0.2, -0.15) is 0 Å². The van der Waals surface area contributed by atoms with E-state index in [2.05, 4.69) is 0 Å². The molecule has 2 rings (SSSR count). The van der Waals surface area contributed by atoms with E-state index in [0.29, 0.717) is 13.0 Å². The number of urea groups is 1. The van der Waals surface area contributed by atoms with Crippen molar-refractivity contribution >= 4 is 11.9 Å². The number of carbonyl (C=O) groups is 2. The van der Waals surface area contributed by atoms with Crippen molar-refractivity contribution in [2.24, 2.45) is 11.1 Å². The first-order valence-electron chi connectivity index (χ1n) is 5.23. The van der Waals surface area contributed by atoms with Crippen LogP contribution in [0.5, 0.6) is 0 Å². The molecule has 0 unspecified atom stereocenters. The third-order valence-corrected chi connectivity index (χ3v) is 3.50. The highest BCUT2D eigenvalue weighted by atomic mass is 16.2. The van der Waals surface area contributed by atoms with Crippen LogP contribution in [0, 0.1) is 5.41 Å². The van der Waals surface area contributed by atoms with Gasteiger partial charge >= 0.3 is 6.03 Å². The minimum absolute atomic E-state index is 0.0738. The highest BCUT2D eigenvalue weighted by Gasteiger charge is 2.45. The number of hydrogen-bond acceptors (Lipinski definition) is 2. The zero-order valence-electron chi connectivity index (χ0n) is 8.29. The lowest BCUT2D eigenvalue weighted by atomic mass is 9.73. The Bertz CT molecular complexity index is 269. The summed E-state index contributed by atoms with van der Waals surface area (Å²) in [5, 5.41) is 0. The molecule has 0 aromatic rings. The molecule has 1 spiro atoms. The molecule has 2 N–H and O–H groups in total. The summed E-state index contributed by atoms with van der Waals surface area (Å²) in [6, 6.07) is -0.586. The summed E-state index contributed by atoms with van der Waals surface area (Å²) in [7, 11) is 0. The van der Waals surface area contributed by atoms with Crippen LogP contribution in [0.3, 0.4) is 0 Å². The lowest BCUT2D eigenvalue weighted by Crippen LogP contribution is -2.38. The molecular formula is C10H16N2O2. The van der Waals surface area contributed by atoms with E-state index in [1.54, 1.807) is 0 Å². The minimum atomic E-state index is -0.586. The summed E-state index contributed by atoms with van der Waals surface area (Å²) in [6.07, 6.45) is 6.28. The van der Waals surface area contributed by atoms with Crippen molar-refractivity contribution in [1.82, 2.24) is 4.90 Å². The molecule has 3 amide bonds. The average Bonchev–Trinajstić information content (AvgIpc) is 2.44. The predicted molar refractivity (Wildman–Crippen MR) is 51.4 cm³/mol. The molecule has 1 aliphatic carbocycles. The van der Waals surface area contributed by atoms with Crippen LogP contribution in [0.2, 0.25) is 0 Å². The third-order valence-electron chi connectivity index (χ3n) is 3.50. The summed E-state index contributed by atoms with van der Waals surface area (Å²) in [4.78, 5) is 23.7. The van der Waals surface area contributed by atoms with Gasteiger partial charge in [-0.25, -0.2) is 4.79 Å². The number of amides is 3. The number of likely N-dealkylation sites (tertiary alicyclic amines) is 1. The van der Waals surface area contributed by atoms with Gasteiger partial charge in [-0.1, -0.05) is 19.3 Å². The quantitative estimate of drug-likeness (QED) is 0.633. The van der Waals surface area contributed by atoms with Gasteiger partial charge in [0.15, 0.2) is 0 Å². The molecule has 0 aromatic heterocycles. The average molecular weight is 196 g/mol. The van der Waals surface area contributed by atoms with Crippen molar-refractivity contribution in [2.45, 2.75) is 38.5 Å². The Morgan fingerprint density at radius 3 is 2.43 bits per heavy atom. The lowest BCUT2D eigenvalue weighted by Gasteiger charge is -2.31. The van der Waals surface area contributed by atoms with E-state index in [1.165, 1.54) is 24.2 Å². The van der Waals surface area contributed by atoms with Crippen LogP contribution in [0.15, 0.2) is 0 Å². The Morgan fingerprint density at radius 2 is 1.93 bits per heavy atom. The normalized spacial score (nSPS) is 25.7. The zero-order valence-corrected chi connectivity index (χ0v) is 8.29. The molecule has 1 aliphatic heterocycles. The first-order chi connectivity index (χ1) is 6.63. The fourth-order valence-electron chi connectivity index (χ4n) is 2.73. The molecule has 0 radical (unpaired) electrons. The number of nitrogens with two attached hydrogens (primary N) is 1. The maximum atomic E-state index is 11.5. The molecule has 78 valence electrons. The van der Waals surface area contributed by atoms with Crippen molar-refractivity contribution in [3.8, 4) is 0 Å². The molecule has 2 fully saturated rings. The van der Waals surface area contributed by atoms with Crippen LogP contribution < -0.4 is 5.73 Å². The summed E-state index contributed by atoms with van der Waals surface area (Å²) in [5.41, 5.74) is 5.22. The third kappa shape index (κ3) is 1.49. The second-order valence-electron chi connectivity index (χ2n) is 4.56. The van der Waals surface area contributed by atoms with E-state index in [9.17, 15) is 9.59 Å². The van der Waals surface area contributed by atoms with Gasteiger partial charge in [-0.3, -0.25) is 9.69 Å². The monoisotopic (exact) mass is 196 g/mol. The van der Waals surface area contributed by atoms with Gasteiger partial charge in [-0.15, -0.1) is 0 Å². The SMILES string of the molecule is NC(=O)N1CC2(CCCCC2)CC1=O. The number of hydrogen-bond donors (Lipinski definition) is 1. The van der Waals surface area contributed by atoms with Gasteiger partial charge in [0.05, 0.1) is 0 Å². The maximum Gasteiger partial charge on any atom is 0.321 e. The first-order valence-corrected chi connectivity index (χ1v) is 5.23. The Balaban J connectivity index is 2.10. The van der Waals surface area contributed by atoms with Gasteiger partial charge in [0.1, 0.15) is 0 Å². The molecule has 4 heteroatoms. The minimum Gasteiger partial charge on any atom is -0.351 e. The number of rotatable bonds is 0. The second kappa shape index (κ2) is 3.26. The van der Waals surface area contributed by atoms with Crippen LogP contribution in [-0.4, -0.2) is 23.4 Å². The van der Waals surface area contributed by atoms with Crippen molar-refractivity contribution in [3.05, 3.63) is 0 Å². The van der Waals surface area contributed by atoms with E-state index < -0.39 is 6.03 Å². The van der Waals surface area contributed by atoms with Crippen molar-refractivity contribution < 1.29 is 9.59 Å². The van der Waals surface area contributed by atoms with Crippen LogP contribution in [0.1, 0.15) is 38.5 Å². The zero-order chi connectivity index (χ0) is 10.2. The summed E-state index contributed by atoms with van der Waals surface area (Å²) in [5.74, 6) is -0.0839. The Labute approximate surface area is 83.4 Å².